The lowest BCUT2D eigenvalue weighted by atomic mass is 10.0. The molecule has 3 aromatic carbocycles. The number of aliphatic imine (C=N–C) groups is 1. The van der Waals surface area contributed by atoms with Gasteiger partial charge < -0.3 is 0 Å². The maximum atomic E-state index is 9.93. The first-order valence-electron chi connectivity index (χ1n) is 9.18. The summed E-state index contributed by atoms with van der Waals surface area (Å²) in [5.74, 6) is 0. The molecule has 0 saturated heterocycles. The number of hydrogen-bond acceptors (Lipinski definition) is 4. The van der Waals surface area contributed by atoms with Gasteiger partial charge in [0.15, 0.2) is 6.04 Å². The lowest BCUT2D eigenvalue weighted by molar-refractivity contribution is 0.843. The Hall–Kier alpha value is -3.55. The minimum absolute atomic E-state index is 0.0123. The van der Waals surface area contributed by atoms with Crippen LogP contribution in [0.3, 0.4) is 0 Å². The summed E-state index contributed by atoms with van der Waals surface area (Å²) < 4.78 is 8.01. The van der Waals surface area contributed by atoms with Crippen LogP contribution in [0.25, 0.3) is 10.8 Å². The van der Waals surface area contributed by atoms with Crippen molar-refractivity contribution in [2.24, 2.45) is 4.99 Å². The zero-order valence-electron chi connectivity index (χ0n) is 15.7. The second-order valence-corrected chi connectivity index (χ2v) is 6.51. The molecule has 0 radical (unpaired) electrons. The quantitative estimate of drug-likeness (QED) is 0.444. The summed E-state index contributed by atoms with van der Waals surface area (Å²) in [6.45, 7) is 0. The highest BCUT2D eigenvalue weighted by atomic mass is 35.5. The van der Waals surface area contributed by atoms with Gasteiger partial charge in [0, 0.05) is 21.9 Å². The molecule has 0 bridgehead atoms. The summed E-state index contributed by atoms with van der Waals surface area (Å²) >= 11 is 6.40. The average molecular weight is 384 g/mol. The molecule has 5 heteroatoms. The number of fused-ring (bicyclic) bond motifs is 1. The van der Waals surface area contributed by atoms with E-state index in [2.05, 4.69) is 16.3 Å². The van der Waals surface area contributed by atoms with Crippen LogP contribution in [0.1, 0.15) is 24.2 Å². The van der Waals surface area contributed by atoms with Crippen molar-refractivity contribution in [2.75, 3.05) is 0 Å². The van der Waals surface area contributed by atoms with Crippen molar-refractivity contribution >= 4 is 28.1 Å². The minimum Gasteiger partial charge on any atom is -0.259 e. The van der Waals surface area contributed by atoms with Crippen LogP contribution < -0.4 is 0 Å². The third kappa shape index (κ3) is 3.48. The average Bonchev–Trinajstić information content (AvgIpc) is 2.77. The predicted octanol–water partition coefficient (Wildman–Crippen LogP) is 5.39. The summed E-state index contributed by atoms with van der Waals surface area (Å²) in [5.41, 5.74) is 2.79. The van der Waals surface area contributed by atoms with E-state index in [1.807, 2.05) is 60.7 Å². The Morgan fingerprint density at radius 2 is 1.61 bits per heavy atom. The number of hydrogen-bond donors (Lipinski definition) is 0. The topological polar surface area (TPSA) is 61.9 Å². The van der Waals surface area contributed by atoms with Gasteiger partial charge in [-0.05, 0) is 6.07 Å². The van der Waals surface area contributed by atoms with E-state index >= 15 is 0 Å². The standard InChI is InChI=1S/C23H15ClN4/c24-19-13-7-12-18-15-26-28-23(21(18)19)20(14-25)27-22(16-8-3-1-4-9-16)17-10-5-2-6-11-17/h1-13,15,20H/i15D. The molecule has 1 unspecified atom stereocenters. The molecule has 0 aliphatic rings. The fourth-order valence-corrected chi connectivity index (χ4v) is 3.31. The second kappa shape index (κ2) is 7.99. The number of nitrogens with zero attached hydrogens (tertiary/aromatic N) is 4. The monoisotopic (exact) mass is 383 g/mol. The Kier molecular flexibility index (Phi) is 4.74. The molecule has 0 saturated carbocycles. The van der Waals surface area contributed by atoms with Crippen molar-refractivity contribution in [1.82, 2.24) is 10.2 Å². The second-order valence-electron chi connectivity index (χ2n) is 6.10. The van der Waals surface area contributed by atoms with Crippen LogP contribution in [-0.4, -0.2) is 15.9 Å². The van der Waals surface area contributed by atoms with Gasteiger partial charge in [-0.1, -0.05) is 84.4 Å². The summed E-state index contributed by atoms with van der Waals surface area (Å²) in [4.78, 5) is 4.76. The van der Waals surface area contributed by atoms with E-state index in [4.69, 9.17) is 18.0 Å². The number of aromatic nitrogens is 2. The molecule has 0 fully saturated rings. The Labute approximate surface area is 169 Å². The van der Waals surface area contributed by atoms with Gasteiger partial charge in [-0.15, -0.1) is 0 Å². The molecule has 0 aliphatic carbocycles. The number of nitriles is 1. The van der Waals surface area contributed by atoms with Gasteiger partial charge in [0.25, 0.3) is 0 Å². The van der Waals surface area contributed by atoms with Crippen molar-refractivity contribution in [3.05, 3.63) is 107 Å². The van der Waals surface area contributed by atoms with E-state index in [1.165, 1.54) is 0 Å². The van der Waals surface area contributed by atoms with Gasteiger partial charge in [0.2, 0.25) is 0 Å². The highest BCUT2D eigenvalue weighted by molar-refractivity contribution is 6.35. The molecule has 1 atom stereocenters. The van der Waals surface area contributed by atoms with Crippen molar-refractivity contribution in [2.45, 2.75) is 6.04 Å². The van der Waals surface area contributed by atoms with Crippen molar-refractivity contribution in [1.29, 1.82) is 5.26 Å². The van der Waals surface area contributed by atoms with Crippen LogP contribution in [0.2, 0.25) is 5.02 Å². The normalized spacial score (nSPS) is 12.1. The highest BCUT2D eigenvalue weighted by Gasteiger charge is 2.19. The first-order valence-corrected chi connectivity index (χ1v) is 9.06. The van der Waals surface area contributed by atoms with E-state index < -0.39 is 6.04 Å². The molecule has 4 nitrogen and oxygen atoms in total. The van der Waals surface area contributed by atoms with Crippen LogP contribution in [0.4, 0.5) is 0 Å². The fraction of sp³-hybridized carbons (Fsp3) is 0.0435. The largest absolute Gasteiger partial charge is 0.259 e. The zero-order chi connectivity index (χ0) is 20.2. The first kappa shape index (κ1) is 16.6. The van der Waals surface area contributed by atoms with Gasteiger partial charge in [-0.2, -0.15) is 15.5 Å². The molecular formula is C23H15ClN4. The Morgan fingerprint density at radius 1 is 0.964 bits per heavy atom. The molecule has 4 rings (SSSR count). The van der Waals surface area contributed by atoms with Crippen LogP contribution in [0.15, 0.2) is 90.0 Å². The summed E-state index contributed by atoms with van der Waals surface area (Å²) in [6, 6.07) is 25.9. The molecule has 1 heterocycles. The van der Waals surface area contributed by atoms with Gasteiger partial charge in [0.1, 0.15) is 5.69 Å². The van der Waals surface area contributed by atoms with E-state index in [1.54, 1.807) is 18.2 Å². The van der Waals surface area contributed by atoms with Crippen LogP contribution >= 0.6 is 11.6 Å². The molecule has 134 valence electrons. The molecular weight excluding hydrogens is 368 g/mol. The van der Waals surface area contributed by atoms with Crippen LogP contribution in [-0.2, 0) is 0 Å². The van der Waals surface area contributed by atoms with Crippen molar-refractivity contribution in [3.8, 4) is 6.07 Å². The third-order valence-corrected chi connectivity index (χ3v) is 4.65. The fourth-order valence-electron chi connectivity index (χ4n) is 3.04. The van der Waals surface area contributed by atoms with Gasteiger partial charge in [0.05, 0.1) is 24.3 Å². The molecule has 28 heavy (non-hydrogen) atoms. The molecule has 4 aromatic rings. The van der Waals surface area contributed by atoms with Crippen molar-refractivity contribution in [3.63, 3.8) is 0 Å². The summed E-state index contributed by atoms with van der Waals surface area (Å²) in [5, 5.41) is 19.4. The van der Waals surface area contributed by atoms with Gasteiger partial charge >= 0.3 is 0 Å². The SMILES string of the molecule is [2H]c1nnc(C(C#N)N=C(c2ccccc2)c2ccccc2)c2c(Cl)cccc12. The molecule has 0 N–H and O–H groups in total. The van der Waals surface area contributed by atoms with E-state index in [0.29, 0.717) is 27.2 Å². The van der Waals surface area contributed by atoms with Crippen molar-refractivity contribution < 1.29 is 1.37 Å². The van der Waals surface area contributed by atoms with Gasteiger partial charge in [-0.25, -0.2) is 0 Å². The Balaban J connectivity index is 1.94. The Morgan fingerprint density at radius 3 is 2.21 bits per heavy atom. The Bertz CT molecular complexity index is 1190. The van der Waals surface area contributed by atoms with Crippen LogP contribution in [0, 0.1) is 11.3 Å². The third-order valence-electron chi connectivity index (χ3n) is 4.33. The maximum Gasteiger partial charge on any atom is 0.181 e. The first-order chi connectivity index (χ1) is 14.2. The number of rotatable bonds is 4. The smallest absolute Gasteiger partial charge is 0.181 e. The van der Waals surface area contributed by atoms with Gasteiger partial charge in [-0.3, -0.25) is 4.99 Å². The zero-order valence-corrected chi connectivity index (χ0v) is 15.5. The maximum absolute atomic E-state index is 9.93. The molecule has 0 spiro atoms. The minimum atomic E-state index is -0.930. The molecule has 0 amide bonds. The molecule has 0 aliphatic heterocycles. The van der Waals surface area contributed by atoms with E-state index in [-0.39, 0.29) is 6.17 Å². The summed E-state index contributed by atoms with van der Waals surface area (Å²) in [6.07, 6.45) is 0.0123. The number of benzene rings is 3. The highest BCUT2D eigenvalue weighted by Crippen LogP contribution is 2.30. The van der Waals surface area contributed by atoms with Crippen LogP contribution in [0.5, 0.6) is 0 Å². The lowest BCUT2D eigenvalue weighted by Crippen LogP contribution is -2.08. The summed E-state index contributed by atoms with van der Waals surface area (Å²) in [7, 11) is 0. The van der Waals surface area contributed by atoms with E-state index in [0.717, 1.165) is 11.1 Å². The lowest BCUT2D eigenvalue weighted by Gasteiger charge is -2.12. The molecule has 1 aromatic heterocycles. The van der Waals surface area contributed by atoms with E-state index in [9.17, 15) is 5.26 Å². The predicted molar refractivity (Wildman–Crippen MR) is 111 cm³/mol. The number of halogens is 1.